The van der Waals surface area contributed by atoms with Crippen LogP contribution in [-0.2, 0) is 0 Å². The van der Waals surface area contributed by atoms with Gasteiger partial charge in [-0.25, -0.2) is 4.39 Å². The highest BCUT2D eigenvalue weighted by Gasteiger charge is 2.35. The number of halogens is 2. The third-order valence-electron chi connectivity index (χ3n) is 3.92. The average molecular weight is 394 g/mol. The number of hydrogen-bond acceptors (Lipinski definition) is 3. The zero-order chi connectivity index (χ0) is 16.8. The topological polar surface area (TPSA) is 21.3 Å². The first-order valence-corrected chi connectivity index (χ1v) is 8.48. The third-order valence-corrected chi connectivity index (χ3v) is 5.53. The lowest BCUT2D eigenvalue weighted by Gasteiger charge is -2.35. The van der Waals surface area contributed by atoms with Gasteiger partial charge in [0.25, 0.3) is 0 Å². The molecule has 0 saturated carbocycles. The molecule has 23 heavy (non-hydrogen) atoms. The second-order valence-electron chi connectivity index (χ2n) is 6.09. The number of rotatable bonds is 2. The largest absolute Gasteiger partial charge is 0.482 e. The highest BCUT2D eigenvalue weighted by molar-refractivity contribution is 9.12. The van der Waals surface area contributed by atoms with Gasteiger partial charge in [0.2, 0.25) is 0 Å². The lowest BCUT2D eigenvalue weighted by molar-refractivity contribution is 0.155. The lowest BCUT2D eigenvalue weighted by atomic mass is 9.87. The van der Waals surface area contributed by atoms with E-state index in [1.165, 1.54) is 12.1 Å². The van der Waals surface area contributed by atoms with Gasteiger partial charge < -0.3 is 9.46 Å². The molecule has 0 aromatic heterocycles. The van der Waals surface area contributed by atoms with E-state index in [9.17, 15) is 4.39 Å². The van der Waals surface area contributed by atoms with Crippen LogP contribution >= 0.6 is 28.7 Å². The van der Waals surface area contributed by atoms with E-state index in [1.807, 2.05) is 32.9 Å². The molecule has 0 unspecified atom stereocenters. The summed E-state index contributed by atoms with van der Waals surface area (Å²) in [6, 6.07) is 10.5. The number of benzene rings is 2. The Labute approximate surface area is 149 Å². The van der Waals surface area contributed by atoms with Crippen molar-refractivity contribution in [3.8, 4) is 5.75 Å². The summed E-state index contributed by atoms with van der Waals surface area (Å²) < 4.78 is 23.3. The smallest absolute Gasteiger partial charge is 0.135 e. The first-order valence-electron chi connectivity index (χ1n) is 7.24. The average Bonchev–Trinajstić information content (AvgIpc) is 2.49. The summed E-state index contributed by atoms with van der Waals surface area (Å²) in [7, 11) is 0. The van der Waals surface area contributed by atoms with Crippen LogP contribution < -0.4 is 9.46 Å². The minimum Gasteiger partial charge on any atom is -0.482 e. The Morgan fingerprint density at radius 2 is 1.83 bits per heavy atom. The normalized spacial score (nSPS) is 15.9. The predicted octanol–water partition coefficient (Wildman–Crippen LogP) is 5.72. The molecular formula is C18H17BrFNOS. The number of hydrogen-bond donors (Lipinski definition) is 2. The fourth-order valence-corrected chi connectivity index (χ4v) is 3.48. The van der Waals surface area contributed by atoms with Gasteiger partial charge in [-0.2, -0.15) is 0 Å². The van der Waals surface area contributed by atoms with E-state index in [1.54, 1.807) is 12.1 Å². The second-order valence-corrected chi connectivity index (χ2v) is 7.10. The van der Waals surface area contributed by atoms with Crippen LogP contribution in [0.4, 0.5) is 10.1 Å². The molecule has 1 aliphatic heterocycles. The molecule has 3 rings (SSSR count). The molecule has 0 bridgehead atoms. The van der Waals surface area contributed by atoms with Gasteiger partial charge in [0.15, 0.2) is 0 Å². The van der Waals surface area contributed by atoms with E-state index in [0.717, 1.165) is 38.2 Å². The summed E-state index contributed by atoms with van der Waals surface area (Å²) >= 11 is 7.82. The Kier molecular flexibility index (Phi) is 4.19. The van der Waals surface area contributed by atoms with Crippen molar-refractivity contribution in [3.05, 3.63) is 63.4 Å². The Balaban J connectivity index is 2.30. The maximum absolute atomic E-state index is 13.3. The minimum absolute atomic E-state index is 0.247. The van der Waals surface area contributed by atoms with Crippen molar-refractivity contribution in [2.75, 3.05) is 4.72 Å². The molecule has 0 aliphatic carbocycles. The standard InChI is InChI=1S/C18H17BrFNOS/c1-10-8-13(21-23)9-14-15(10)16(17(19)18(2,3)22-14)11-4-6-12(20)7-5-11/h4-9,21,23H,1-3H3. The SMILES string of the molecule is Cc1cc(NS)cc2c1C(c1ccc(F)cc1)=C(Br)C(C)(C)O2. The summed E-state index contributed by atoms with van der Waals surface area (Å²) in [4.78, 5) is 0. The molecule has 0 fully saturated rings. The molecular weight excluding hydrogens is 377 g/mol. The molecule has 0 saturated heterocycles. The maximum atomic E-state index is 13.3. The Hall–Kier alpha value is -1.46. The van der Waals surface area contributed by atoms with Gasteiger partial charge in [0.05, 0.1) is 0 Å². The zero-order valence-corrected chi connectivity index (χ0v) is 15.6. The molecule has 2 aromatic rings. The highest BCUT2D eigenvalue weighted by Crippen LogP contribution is 2.48. The van der Waals surface area contributed by atoms with E-state index >= 15 is 0 Å². The van der Waals surface area contributed by atoms with E-state index in [0.29, 0.717) is 0 Å². The molecule has 0 atom stereocenters. The van der Waals surface area contributed by atoms with Gasteiger partial charge in [0, 0.05) is 27.4 Å². The van der Waals surface area contributed by atoms with Crippen molar-refractivity contribution >= 4 is 40.0 Å². The summed E-state index contributed by atoms with van der Waals surface area (Å²) in [5.74, 6) is 0.539. The predicted molar refractivity (Wildman–Crippen MR) is 99.8 cm³/mol. The molecule has 0 amide bonds. The van der Waals surface area contributed by atoms with Crippen LogP contribution in [0.25, 0.3) is 5.57 Å². The Morgan fingerprint density at radius 1 is 1.17 bits per heavy atom. The van der Waals surface area contributed by atoms with E-state index in [-0.39, 0.29) is 5.82 Å². The van der Waals surface area contributed by atoms with Crippen molar-refractivity contribution in [1.82, 2.24) is 0 Å². The summed E-state index contributed by atoms with van der Waals surface area (Å²) in [6.45, 7) is 6.03. The zero-order valence-electron chi connectivity index (χ0n) is 13.1. The third kappa shape index (κ3) is 2.88. The number of thiol groups is 1. The molecule has 1 aliphatic rings. The van der Waals surface area contributed by atoms with Crippen LogP contribution in [0.1, 0.15) is 30.5 Å². The molecule has 0 radical (unpaired) electrons. The van der Waals surface area contributed by atoms with E-state index in [2.05, 4.69) is 33.5 Å². The van der Waals surface area contributed by atoms with Gasteiger partial charge in [-0.1, -0.05) is 40.9 Å². The first-order chi connectivity index (χ1) is 10.8. The van der Waals surface area contributed by atoms with Gasteiger partial charge in [-0.05, 0) is 50.1 Å². The number of ether oxygens (including phenoxy) is 1. The summed E-state index contributed by atoms with van der Waals surface area (Å²) in [6.07, 6.45) is 0. The van der Waals surface area contributed by atoms with Crippen LogP contribution in [-0.4, -0.2) is 5.60 Å². The maximum Gasteiger partial charge on any atom is 0.135 e. The molecule has 0 spiro atoms. The van der Waals surface area contributed by atoms with Crippen LogP contribution in [0.15, 0.2) is 40.9 Å². The molecule has 2 aromatic carbocycles. The molecule has 1 heterocycles. The first kappa shape index (κ1) is 16.4. The highest BCUT2D eigenvalue weighted by atomic mass is 79.9. The van der Waals surface area contributed by atoms with E-state index < -0.39 is 5.60 Å². The summed E-state index contributed by atoms with van der Waals surface area (Å²) in [5.41, 5.74) is 4.40. The molecule has 5 heteroatoms. The lowest BCUT2D eigenvalue weighted by Crippen LogP contribution is -2.33. The van der Waals surface area contributed by atoms with Crippen molar-refractivity contribution < 1.29 is 9.13 Å². The van der Waals surface area contributed by atoms with Gasteiger partial charge in [-0.3, -0.25) is 0 Å². The van der Waals surface area contributed by atoms with Gasteiger partial charge in [-0.15, -0.1) is 0 Å². The van der Waals surface area contributed by atoms with Crippen LogP contribution in [0, 0.1) is 12.7 Å². The Morgan fingerprint density at radius 3 is 2.43 bits per heavy atom. The van der Waals surface area contributed by atoms with Crippen molar-refractivity contribution in [3.63, 3.8) is 0 Å². The number of anilines is 1. The van der Waals surface area contributed by atoms with Gasteiger partial charge >= 0.3 is 0 Å². The van der Waals surface area contributed by atoms with Crippen molar-refractivity contribution in [1.29, 1.82) is 0 Å². The van der Waals surface area contributed by atoms with Gasteiger partial charge in [0.1, 0.15) is 17.2 Å². The Bertz CT molecular complexity index is 799. The van der Waals surface area contributed by atoms with Crippen molar-refractivity contribution in [2.24, 2.45) is 0 Å². The molecule has 1 N–H and O–H groups in total. The van der Waals surface area contributed by atoms with E-state index in [4.69, 9.17) is 4.74 Å². The second kappa shape index (κ2) is 5.87. The summed E-state index contributed by atoms with van der Waals surface area (Å²) in [5, 5.41) is 0. The minimum atomic E-state index is -0.515. The number of nitrogens with one attached hydrogen (secondary N) is 1. The number of aryl methyl sites for hydroxylation is 1. The quantitative estimate of drug-likeness (QED) is 0.636. The van der Waals surface area contributed by atoms with Crippen LogP contribution in [0.5, 0.6) is 5.75 Å². The molecule has 2 nitrogen and oxygen atoms in total. The fraction of sp³-hybridized carbons (Fsp3) is 0.222. The number of fused-ring (bicyclic) bond motifs is 1. The van der Waals surface area contributed by atoms with Crippen molar-refractivity contribution in [2.45, 2.75) is 26.4 Å². The van der Waals surface area contributed by atoms with Crippen LogP contribution in [0.3, 0.4) is 0 Å². The monoisotopic (exact) mass is 393 g/mol. The molecule has 120 valence electrons. The van der Waals surface area contributed by atoms with Crippen LogP contribution in [0.2, 0.25) is 0 Å². The fourth-order valence-electron chi connectivity index (χ4n) is 2.84.